The fourth-order valence-electron chi connectivity index (χ4n) is 3.92. The van der Waals surface area contributed by atoms with Gasteiger partial charge in [-0.15, -0.1) is 0 Å². The summed E-state index contributed by atoms with van der Waals surface area (Å²) in [5.74, 6) is -0.454. The number of hydrogen-bond donors (Lipinski definition) is 1. The molecule has 2 aliphatic rings. The van der Waals surface area contributed by atoms with Gasteiger partial charge in [-0.1, -0.05) is 6.07 Å². The van der Waals surface area contributed by atoms with Gasteiger partial charge in [-0.05, 0) is 61.7 Å². The molecule has 0 saturated carbocycles. The van der Waals surface area contributed by atoms with Gasteiger partial charge in [0.15, 0.2) is 6.61 Å². The lowest BCUT2D eigenvalue weighted by atomic mass is 10.1. The Bertz CT molecular complexity index is 969. The minimum Gasteiger partial charge on any atom is -0.484 e. The normalized spacial score (nSPS) is 16.5. The third-order valence-corrected chi connectivity index (χ3v) is 5.63. The molecule has 2 heterocycles. The summed E-state index contributed by atoms with van der Waals surface area (Å²) < 4.78 is 5.63. The van der Waals surface area contributed by atoms with Gasteiger partial charge in [0.1, 0.15) is 5.75 Å². The Balaban J connectivity index is 1.37. The van der Waals surface area contributed by atoms with Crippen molar-refractivity contribution in [2.75, 3.05) is 42.6 Å². The molecule has 0 radical (unpaired) electrons. The van der Waals surface area contributed by atoms with Crippen molar-refractivity contribution in [1.82, 2.24) is 4.90 Å². The van der Waals surface area contributed by atoms with Crippen LogP contribution in [0.1, 0.15) is 29.6 Å². The lowest BCUT2D eigenvalue weighted by Crippen LogP contribution is -2.38. The zero-order valence-electron chi connectivity index (χ0n) is 17.2. The van der Waals surface area contributed by atoms with Gasteiger partial charge in [0.05, 0.1) is 5.56 Å². The summed E-state index contributed by atoms with van der Waals surface area (Å²) in [6.45, 7) is 2.55. The Morgan fingerprint density at radius 2 is 1.55 bits per heavy atom. The number of urea groups is 1. The van der Waals surface area contributed by atoms with Crippen LogP contribution >= 0.6 is 0 Å². The lowest BCUT2D eigenvalue weighted by Gasteiger charge is -2.26. The molecule has 0 spiro atoms. The van der Waals surface area contributed by atoms with Crippen molar-refractivity contribution in [2.24, 2.45) is 0 Å². The Hall–Kier alpha value is -3.55. The zero-order chi connectivity index (χ0) is 21.8. The van der Waals surface area contributed by atoms with E-state index in [2.05, 4.69) is 0 Å². The number of hydrogen-bond acceptors (Lipinski definition) is 4. The van der Waals surface area contributed by atoms with E-state index in [-0.39, 0.29) is 24.1 Å². The molecule has 0 unspecified atom stereocenters. The third-order valence-electron chi connectivity index (χ3n) is 5.63. The van der Waals surface area contributed by atoms with E-state index in [0.717, 1.165) is 31.6 Å². The maximum absolute atomic E-state index is 12.9. The fraction of sp³-hybridized carbons (Fsp3) is 0.348. The second-order valence-electron chi connectivity index (χ2n) is 7.67. The number of benzene rings is 2. The molecule has 31 heavy (non-hydrogen) atoms. The van der Waals surface area contributed by atoms with Crippen LogP contribution in [0.5, 0.6) is 5.75 Å². The van der Waals surface area contributed by atoms with Crippen LogP contribution in [-0.4, -0.2) is 60.7 Å². The smallest absolute Gasteiger partial charge is 0.335 e. The van der Waals surface area contributed by atoms with E-state index in [9.17, 15) is 19.5 Å². The Kier molecular flexibility index (Phi) is 6.06. The second-order valence-corrected chi connectivity index (χ2v) is 7.67. The minimum absolute atomic E-state index is 0.00210. The largest absolute Gasteiger partial charge is 0.484 e. The molecule has 4 rings (SSSR count). The number of carbonyl (C=O) groups excluding carboxylic acids is 2. The molecule has 8 heteroatoms. The third kappa shape index (κ3) is 4.63. The van der Waals surface area contributed by atoms with Crippen molar-refractivity contribution < 1.29 is 24.2 Å². The molecule has 3 amide bonds. The molecule has 162 valence electrons. The van der Waals surface area contributed by atoms with Crippen molar-refractivity contribution in [3.05, 3.63) is 54.1 Å². The topological polar surface area (TPSA) is 90.4 Å². The van der Waals surface area contributed by atoms with Crippen LogP contribution in [0.3, 0.4) is 0 Å². The first-order valence-electron chi connectivity index (χ1n) is 10.5. The van der Waals surface area contributed by atoms with Crippen LogP contribution in [0, 0.1) is 0 Å². The number of carboxylic acid groups (broad SMARTS) is 1. The van der Waals surface area contributed by atoms with Gasteiger partial charge < -0.3 is 14.7 Å². The molecular weight excluding hydrogens is 398 g/mol. The van der Waals surface area contributed by atoms with Gasteiger partial charge >= 0.3 is 12.0 Å². The average Bonchev–Trinajstić information content (AvgIpc) is 3.19. The van der Waals surface area contributed by atoms with E-state index < -0.39 is 5.97 Å². The number of carboxylic acids is 1. The summed E-state index contributed by atoms with van der Waals surface area (Å²) in [7, 11) is 0. The van der Waals surface area contributed by atoms with E-state index in [4.69, 9.17) is 4.74 Å². The highest BCUT2D eigenvalue weighted by Gasteiger charge is 2.31. The van der Waals surface area contributed by atoms with E-state index in [0.29, 0.717) is 24.5 Å². The van der Waals surface area contributed by atoms with Crippen molar-refractivity contribution in [3.63, 3.8) is 0 Å². The van der Waals surface area contributed by atoms with Gasteiger partial charge in [0.2, 0.25) is 0 Å². The standard InChI is InChI=1S/C23H25N3O5/c27-21(24-11-2-1-3-12-24)16-31-20-9-7-18(8-10-20)25-13-14-26(23(25)30)19-6-4-5-17(15-19)22(28)29/h4-10,15H,1-3,11-14,16H2,(H,28,29). The quantitative estimate of drug-likeness (QED) is 0.771. The van der Waals surface area contributed by atoms with Gasteiger partial charge in [-0.2, -0.15) is 0 Å². The molecule has 0 bridgehead atoms. The summed E-state index contributed by atoms with van der Waals surface area (Å²) in [6, 6.07) is 13.2. The first kappa shape index (κ1) is 20.7. The summed E-state index contributed by atoms with van der Waals surface area (Å²) in [5.41, 5.74) is 1.42. The highest BCUT2D eigenvalue weighted by molar-refractivity contribution is 6.06. The van der Waals surface area contributed by atoms with Gasteiger partial charge in [0.25, 0.3) is 5.91 Å². The predicted molar refractivity (Wildman–Crippen MR) is 116 cm³/mol. The van der Waals surface area contributed by atoms with E-state index in [1.807, 2.05) is 4.90 Å². The molecular formula is C23H25N3O5. The molecule has 0 atom stereocenters. The van der Waals surface area contributed by atoms with Crippen molar-refractivity contribution in [2.45, 2.75) is 19.3 Å². The first-order valence-corrected chi connectivity index (χ1v) is 10.5. The second kappa shape index (κ2) is 9.07. The minimum atomic E-state index is -1.03. The van der Waals surface area contributed by atoms with Crippen LogP contribution in [0.15, 0.2) is 48.5 Å². The van der Waals surface area contributed by atoms with Crippen molar-refractivity contribution >= 4 is 29.3 Å². The summed E-state index contributed by atoms with van der Waals surface area (Å²) in [6.07, 6.45) is 3.26. The molecule has 2 aromatic carbocycles. The van der Waals surface area contributed by atoms with Gasteiger partial charge in [-0.3, -0.25) is 14.6 Å². The molecule has 0 aliphatic carbocycles. The summed E-state index contributed by atoms with van der Waals surface area (Å²) in [5, 5.41) is 9.18. The number of likely N-dealkylation sites (tertiary alicyclic amines) is 1. The maximum atomic E-state index is 12.9. The highest BCUT2D eigenvalue weighted by atomic mass is 16.5. The van der Waals surface area contributed by atoms with Crippen molar-refractivity contribution in [3.8, 4) is 5.75 Å². The number of rotatable bonds is 6. The zero-order valence-corrected chi connectivity index (χ0v) is 17.2. The van der Waals surface area contributed by atoms with Crippen LogP contribution < -0.4 is 14.5 Å². The number of carbonyl (C=O) groups is 3. The highest BCUT2D eigenvalue weighted by Crippen LogP contribution is 2.27. The number of aromatic carboxylic acids is 1. The van der Waals surface area contributed by atoms with Crippen LogP contribution in [0.2, 0.25) is 0 Å². The van der Waals surface area contributed by atoms with E-state index in [1.165, 1.54) is 18.6 Å². The SMILES string of the molecule is O=C(O)c1cccc(N2CCN(c3ccc(OCC(=O)N4CCCCC4)cc3)C2=O)c1. The van der Waals surface area contributed by atoms with Crippen LogP contribution in [0.4, 0.5) is 16.2 Å². The van der Waals surface area contributed by atoms with Gasteiger partial charge in [0, 0.05) is 37.6 Å². The van der Waals surface area contributed by atoms with Crippen LogP contribution in [-0.2, 0) is 4.79 Å². The van der Waals surface area contributed by atoms with E-state index in [1.54, 1.807) is 46.2 Å². The Morgan fingerprint density at radius 1 is 0.871 bits per heavy atom. The number of piperidine rings is 1. The first-order chi connectivity index (χ1) is 15.0. The van der Waals surface area contributed by atoms with E-state index >= 15 is 0 Å². The molecule has 8 nitrogen and oxygen atoms in total. The molecule has 0 aromatic heterocycles. The average molecular weight is 423 g/mol. The molecule has 2 fully saturated rings. The molecule has 1 N–H and O–H groups in total. The summed E-state index contributed by atoms with van der Waals surface area (Å²) >= 11 is 0. The number of nitrogens with zero attached hydrogens (tertiary/aromatic N) is 3. The molecule has 2 aliphatic heterocycles. The Morgan fingerprint density at radius 3 is 2.23 bits per heavy atom. The number of anilines is 2. The maximum Gasteiger partial charge on any atom is 0.335 e. The van der Waals surface area contributed by atoms with Crippen LogP contribution in [0.25, 0.3) is 0 Å². The molecule has 2 aromatic rings. The lowest BCUT2D eigenvalue weighted by molar-refractivity contribution is -0.134. The monoisotopic (exact) mass is 423 g/mol. The summed E-state index contributed by atoms with van der Waals surface area (Å²) in [4.78, 5) is 41.4. The van der Waals surface area contributed by atoms with Gasteiger partial charge in [-0.25, -0.2) is 9.59 Å². The van der Waals surface area contributed by atoms with Crippen molar-refractivity contribution in [1.29, 1.82) is 0 Å². The number of amides is 3. The predicted octanol–water partition coefficient (Wildman–Crippen LogP) is 3.22. The fourth-order valence-corrected chi connectivity index (χ4v) is 3.92. The number of ether oxygens (including phenoxy) is 1. The Labute approximate surface area is 180 Å². The molecule has 2 saturated heterocycles.